The first-order valence-corrected chi connectivity index (χ1v) is 10.9. The Morgan fingerprint density at radius 1 is 0.903 bits per heavy atom. The van der Waals surface area contributed by atoms with Crippen LogP contribution < -0.4 is 19.1 Å². The van der Waals surface area contributed by atoms with Gasteiger partial charge in [0.15, 0.2) is 11.5 Å². The molecule has 0 aliphatic carbocycles. The first kappa shape index (κ1) is 22.2. The van der Waals surface area contributed by atoms with Crippen LogP contribution in [0.5, 0.6) is 11.5 Å². The van der Waals surface area contributed by atoms with Gasteiger partial charge in [-0.25, -0.2) is 8.42 Å². The molecule has 0 saturated carbocycles. The second-order valence-electron chi connectivity index (χ2n) is 6.81. The predicted molar refractivity (Wildman–Crippen MR) is 121 cm³/mol. The molecule has 31 heavy (non-hydrogen) atoms. The number of benzene rings is 3. The highest BCUT2D eigenvalue weighted by molar-refractivity contribution is 7.92. The van der Waals surface area contributed by atoms with E-state index in [-0.39, 0.29) is 10.8 Å². The number of hydrogen-bond donors (Lipinski definition) is 1. The Labute approximate surface area is 182 Å². The van der Waals surface area contributed by atoms with Gasteiger partial charge in [-0.1, -0.05) is 24.3 Å². The van der Waals surface area contributed by atoms with Gasteiger partial charge in [-0.3, -0.25) is 9.10 Å². The molecule has 0 aliphatic heterocycles. The van der Waals surface area contributed by atoms with Crippen molar-refractivity contribution in [3.05, 3.63) is 77.9 Å². The zero-order chi connectivity index (χ0) is 22.6. The molecule has 0 unspecified atom stereocenters. The normalized spacial score (nSPS) is 11.0. The highest BCUT2D eigenvalue weighted by Crippen LogP contribution is 2.30. The van der Waals surface area contributed by atoms with Crippen molar-refractivity contribution in [1.82, 2.24) is 0 Å². The molecule has 0 fully saturated rings. The summed E-state index contributed by atoms with van der Waals surface area (Å²) in [6.45, 7) is 1.79. The number of nitrogens with one attached hydrogen (secondary N) is 1. The average molecular weight is 441 g/mol. The van der Waals surface area contributed by atoms with E-state index in [0.29, 0.717) is 28.4 Å². The van der Waals surface area contributed by atoms with Crippen LogP contribution >= 0.6 is 0 Å². The first-order chi connectivity index (χ1) is 14.8. The number of hydrogen-bond acceptors (Lipinski definition) is 5. The highest BCUT2D eigenvalue weighted by atomic mass is 32.2. The number of sulfonamides is 1. The molecule has 3 aromatic carbocycles. The number of amides is 1. The summed E-state index contributed by atoms with van der Waals surface area (Å²) in [5, 5.41) is 2.80. The monoisotopic (exact) mass is 440 g/mol. The molecule has 0 aliphatic rings. The van der Waals surface area contributed by atoms with Gasteiger partial charge in [0.1, 0.15) is 0 Å². The van der Waals surface area contributed by atoms with Crippen molar-refractivity contribution in [2.45, 2.75) is 11.8 Å². The van der Waals surface area contributed by atoms with Crippen LogP contribution in [0.3, 0.4) is 0 Å². The molecular formula is C23H24N2O5S. The Bertz CT molecular complexity index is 1190. The summed E-state index contributed by atoms with van der Waals surface area (Å²) in [6.07, 6.45) is 0. The summed E-state index contributed by atoms with van der Waals surface area (Å²) < 4.78 is 37.6. The highest BCUT2D eigenvalue weighted by Gasteiger charge is 2.23. The van der Waals surface area contributed by atoms with Crippen molar-refractivity contribution < 1.29 is 22.7 Å². The minimum absolute atomic E-state index is 0.178. The van der Waals surface area contributed by atoms with Crippen LogP contribution in [0.15, 0.2) is 71.6 Å². The molecule has 8 heteroatoms. The summed E-state index contributed by atoms with van der Waals surface area (Å²) in [7, 11) is 0.756. The molecular weight excluding hydrogens is 416 g/mol. The van der Waals surface area contributed by atoms with Gasteiger partial charge in [-0.05, 0) is 48.9 Å². The summed E-state index contributed by atoms with van der Waals surface area (Å²) >= 11 is 0. The maximum absolute atomic E-state index is 13.0. The third-order valence-electron chi connectivity index (χ3n) is 4.85. The lowest BCUT2D eigenvalue weighted by Crippen LogP contribution is -2.27. The molecule has 0 saturated heterocycles. The van der Waals surface area contributed by atoms with Gasteiger partial charge in [0.2, 0.25) is 0 Å². The van der Waals surface area contributed by atoms with E-state index in [1.807, 2.05) is 0 Å². The molecule has 3 rings (SSSR count). The van der Waals surface area contributed by atoms with Crippen molar-refractivity contribution >= 4 is 27.3 Å². The molecule has 1 amide bonds. The molecule has 0 aromatic heterocycles. The van der Waals surface area contributed by atoms with E-state index in [0.717, 1.165) is 5.56 Å². The molecule has 7 nitrogen and oxygen atoms in total. The van der Waals surface area contributed by atoms with Crippen LogP contribution in [0.25, 0.3) is 0 Å². The molecule has 0 atom stereocenters. The van der Waals surface area contributed by atoms with Gasteiger partial charge in [0, 0.05) is 24.4 Å². The zero-order valence-corrected chi connectivity index (χ0v) is 18.6. The second-order valence-corrected chi connectivity index (χ2v) is 8.78. The van der Waals surface area contributed by atoms with Crippen LogP contribution in [-0.4, -0.2) is 35.6 Å². The minimum Gasteiger partial charge on any atom is -0.493 e. The third-order valence-corrected chi connectivity index (χ3v) is 6.64. The van der Waals surface area contributed by atoms with Crippen LogP contribution in [0.4, 0.5) is 11.4 Å². The van der Waals surface area contributed by atoms with Crippen LogP contribution in [0.2, 0.25) is 0 Å². The molecule has 1 N–H and O–H groups in total. The first-order valence-electron chi connectivity index (χ1n) is 9.46. The number of aryl methyl sites for hydroxylation is 1. The summed E-state index contributed by atoms with van der Waals surface area (Å²) in [6, 6.07) is 18.1. The molecule has 3 aromatic rings. The zero-order valence-electron chi connectivity index (χ0n) is 17.7. The van der Waals surface area contributed by atoms with E-state index in [4.69, 9.17) is 9.47 Å². The number of anilines is 2. The summed E-state index contributed by atoms with van der Waals surface area (Å²) in [4.78, 5) is 13.0. The fraction of sp³-hybridized carbons (Fsp3) is 0.174. The SMILES string of the molecule is COc1ccc(NC(=O)c2ccc(C)c(N(C)S(=O)(=O)c3ccccc3)c2)cc1OC. The van der Waals surface area contributed by atoms with E-state index >= 15 is 0 Å². The number of carbonyl (C=O) groups excluding carboxylic acids is 1. The van der Waals surface area contributed by atoms with Gasteiger partial charge in [0.05, 0.1) is 24.8 Å². The number of rotatable bonds is 7. The maximum atomic E-state index is 13.0. The van der Waals surface area contributed by atoms with Gasteiger partial charge in [0.25, 0.3) is 15.9 Å². The van der Waals surface area contributed by atoms with E-state index in [2.05, 4.69) is 5.32 Å². The van der Waals surface area contributed by atoms with E-state index in [1.54, 1.807) is 61.5 Å². The number of ether oxygens (including phenoxy) is 2. The van der Waals surface area contributed by atoms with Crippen LogP contribution in [0, 0.1) is 6.92 Å². The Morgan fingerprint density at radius 2 is 1.58 bits per heavy atom. The molecule has 0 spiro atoms. The van der Waals surface area contributed by atoms with E-state index in [1.165, 1.54) is 37.7 Å². The quantitative estimate of drug-likeness (QED) is 0.598. The Balaban J connectivity index is 1.89. The van der Waals surface area contributed by atoms with Crippen molar-refractivity contribution in [2.24, 2.45) is 0 Å². The lowest BCUT2D eigenvalue weighted by atomic mass is 10.1. The van der Waals surface area contributed by atoms with Gasteiger partial charge in [-0.15, -0.1) is 0 Å². The minimum atomic E-state index is -3.76. The number of carbonyl (C=O) groups is 1. The topological polar surface area (TPSA) is 84.9 Å². The molecule has 162 valence electrons. The van der Waals surface area contributed by atoms with E-state index in [9.17, 15) is 13.2 Å². The largest absolute Gasteiger partial charge is 0.493 e. The third kappa shape index (κ3) is 4.64. The van der Waals surface area contributed by atoms with Gasteiger partial charge in [-0.2, -0.15) is 0 Å². The van der Waals surface area contributed by atoms with Crippen LogP contribution in [-0.2, 0) is 10.0 Å². The predicted octanol–water partition coefficient (Wildman–Crippen LogP) is 4.09. The number of nitrogens with zero attached hydrogens (tertiary/aromatic N) is 1. The van der Waals surface area contributed by atoms with Crippen LogP contribution in [0.1, 0.15) is 15.9 Å². The van der Waals surface area contributed by atoms with Crippen molar-refractivity contribution in [2.75, 3.05) is 30.9 Å². The fourth-order valence-electron chi connectivity index (χ4n) is 3.09. The Hall–Kier alpha value is -3.52. The lowest BCUT2D eigenvalue weighted by Gasteiger charge is -2.22. The summed E-state index contributed by atoms with van der Waals surface area (Å²) in [5.74, 6) is 0.656. The standard InChI is InChI=1S/C23H24N2O5S/c1-16-10-11-17(23(26)24-18-12-13-21(29-3)22(15-18)30-4)14-20(16)25(2)31(27,28)19-8-6-5-7-9-19/h5-15H,1-4H3,(H,24,26). The smallest absolute Gasteiger partial charge is 0.264 e. The average Bonchev–Trinajstić information content (AvgIpc) is 2.79. The van der Waals surface area contributed by atoms with Gasteiger partial charge < -0.3 is 14.8 Å². The van der Waals surface area contributed by atoms with Crippen molar-refractivity contribution in [1.29, 1.82) is 0 Å². The summed E-state index contributed by atoms with van der Waals surface area (Å²) in [5.41, 5.74) is 1.99. The molecule has 0 radical (unpaired) electrons. The molecule has 0 bridgehead atoms. The number of methoxy groups -OCH3 is 2. The van der Waals surface area contributed by atoms with E-state index < -0.39 is 10.0 Å². The fourth-order valence-corrected chi connectivity index (χ4v) is 4.36. The van der Waals surface area contributed by atoms with Crippen molar-refractivity contribution in [3.63, 3.8) is 0 Å². The maximum Gasteiger partial charge on any atom is 0.264 e. The Kier molecular flexibility index (Phi) is 6.50. The second kappa shape index (κ2) is 9.09. The Morgan fingerprint density at radius 3 is 2.23 bits per heavy atom. The lowest BCUT2D eigenvalue weighted by molar-refractivity contribution is 0.102. The van der Waals surface area contributed by atoms with Gasteiger partial charge >= 0.3 is 0 Å². The molecule has 0 heterocycles. The van der Waals surface area contributed by atoms with Crippen molar-refractivity contribution in [3.8, 4) is 11.5 Å².